The Labute approximate surface area is 171 Å². The first-order chi connectivity index (χ1) is 13.5. The summed E-state index contributed by atoms with van der Waals surface area (Å²) in [5.41, 5.74) is 6.28. The molecule has 0 atom stereocenters. The summed E-state index contributed by atoms with van der Waals surface area (Å²) in [4.78, 5) is 22.3. The van der Waals surface area contributed by atoms with E-state index in [1.54, 1.807) is 11.8 Å². The van der Waals surface area contributed by atoms with Crippen LogP contribution in [0.4, 0.5) is 5.69 Å². The lowest BCUT2D eigenvalue weighted by Gasteiger charge is -2.15. The van der Waals surface area contributed by atoms with E-state index < -0.39 is 0 Å². The molecule has 0 unspecified atom stereocenters. The number of nitrogens with zero attached hydrogens (tertiary/aromatic N) is 2. The maximum atomic E-state index is 12.6. The van der Waals surface area contributed by atoms with Crippen LogP contribution >= 0.6 is 11.8 Å². The molecule has 1 fully saturated rings. The summed E-state index contributed by atoms with van der Waals surface area (Å²) in [5.74, 6) is -0.0195. The quantitative estimate of drug-likeness (QED) is 0.816. The number of hydrogen-bond donors (Lipinski definition) is 1. The minimum Gasteiger partial charge on any atom is -0.351 e. The monoisotopic (exact) mass is 393 g/mol. The highest BCUT2D eigenvalue weighted by Crippen LogP contribution is 2.43. The Morgan fingerprint density at radius 2 is 1.86 bits per heavy atom. The lowest BCUT2D eigenvalue weighted by Crippen LogP contribution is -2.33. The van der Waals surface area contributed by atoms with Gasteiger partial charge >= 0.3 is 0 Å². The van der Waals surface area contributed by atoms with E-state index in [9.17, 15) is 4.79 Å². The molecule has 146 valence electrons. The molecular weight excluding hydrogens is 366 g/mol. The number of likely N-dealkylation sites (tertiary alicyclic amines) is 1. The molecule has 5 heteroatoms. The van der Waals surface area contributed by atoms with Gasteiger partial charge in [0.15, 0.2) is 0 Å². The van der Waals surface area contributed by atoms with Gasteiger partial charge in [-0.1, -0.05) is 23.9 Å². The number of amides is 1. The van der Waals surface area contributed by atoms with Crippen molar-refractivity contribution in [1.82, 2.24) is 10.2 Å². The van der Waals surface area contributed by atoms with Gasteiger partial charge < -0.3 is 10.2 Å². The topological polar surface area (TPSA) is 44.7 Å². The van der Waals surface area contributed by atoms with Crippen LogP contribution in [0.25, 0.3) is 0 Å². The van der Waals surface area contributed by atoms with E-state index in [1.807, 2.05) is 18.2 Å². The van der Waals surface area contributed by atoms with E-state index >= 15 is 0 Å². The Kier molecular flexibility index (Phi) is 5.56. The Morgan fingerprint density at radius 3 is 2.64 bits per heavy atom. The molecule has 1 amide bonds. The first-order valence-electron chi connectivity index (χ1n) is 10.0. The van der Waals surface area contributed by atoms with E-state index in [2.05, 4.69) is 43.1 Å². The van der Waals surface area contributed by atoms with Crippen molar-refractivity contribution in [2.24, 2.45) is 4.99 Å². The minimum atomic E-state index is -0.0195. The average Bonchev–Trinajstić information content (AvgIpc) is 3.13. The third-order valence-corrected chi connectivity index (χ3v) is 6.85. The highest BCUT2D eigenvalue weighted by atomic mass is 32.2. The summed E-state index contributed by atoms with van der Waals surface area (Å²) in [6.07, 6.45) is 2.55. The Bertz CT molecular complexity index is 945. The zero-order valence-corrected chi connectivity index (χ0v) is 17.7. The smallest absolute Gasteiger partial charge is 0.251 e. The lowest BCUT2D eigenvalue weighted by atomic mass is 10.0. The second-order valence-electron chi connectivity index (χ2n) is 7.69. The van der Waals surface area contributed by atoms with Crippen molar-refractivity contribution in [2.45, 2.75) is 43.4 Å². The fourth-order valence-electron chi connectivity index (χ4n) is 3.98. The fraction of sp³-hybridized carbons (Fsp3) is 0.391. The van der Waals surface area contributed by atoms with Crippen molar-refractivity contribution in [3.8, 4) is 0 Å². The molecule has 0 aliphatic carbocycles. The van der Waals surface area contributed by atoms with E-state index in [4.69, 9.17) is 4.99 Å². The summed E-state index contributed by atoms with van der Waals surface area (Å²) in [6, 6.07) is 10.2. The van der Waals surface area contributed by atoms with E-state index in [0.29, 0.717) is 12.1 Å². The number of nitrogens with one attached hydrogen (secondary N) is 1. The summed E-state index contributed by atoms with van der Waals surface area (Å²) in [7, 11) is 0. The number of aryl methyl sites for hydroxylation is 2. The van der Waals surface area contributed by atoms with Gasteiger partial charge in [-0.05, 0) is 76.0 Å². The van der Waals surface area contributed by atoms with Gasteiger partial charge in [0, 0.05) is 39.7 Å². The van der Waals surface area contributed by atoms with Gasteiger partial charge in [0.2, 0.25) is 0 Å². The van der Waals surface area contributed by atoms with Crippen molar-refractivity contribution in [3.05, 3.63) is 52.6 Å². The van der Waals surface area contributed by atoms with Crippen LogP contribution in [-0.2, 0) is 0 Å². The second-order valence-corrected chi connectivity index (χ2v) is 8.74. The number of fused-ring (bicyclic) bond motifs is 2. The van der Waals surface area contributed by atoms with Gasteiger partial charge in [0.1, 0.15) is 0 Å². The lowest BCUT2D eigenvalue weighted by molar-refractivity contribution is 0.0949. The van der Waals surface area contributed by atoms with Crippen LogP contribution in [0.5, 0.6) is 0 Å². The van der Waals surface area contributed by atoms with Gasteiger partial charge in [-0.2, -0.15) is 0 Å². The van der Waals surface area contributed by atoms with Crippen LogP contribution in [0.3, 0.4) is 0 Å². The van der Waals surface area contributed by atoms with Gasteiger partial charge in [-0.15, -0.1) is 0 Å². The predicted octanol–water partition coefficient (Wildman–Crippen LogP) is 4.73. The van der Waals surface area contributed by atoms with Gasteiger partial charge in [-0.25, -0.2) is 0 Å². The predicted molar refractivity (Wildman–Crippen MR) is 116 cm³/mol. The largest absolute Gasteiger partial charge is 0.351 e. The van der Waals surface area contributed by atoms with E-state index in [0.717, 1.165) is 35.9 Å². The molecule has 28 heavy (non-hydrogen) atoms. The van der Waals surface area contributed by atoms with Crippen molar-refractivity contribution in [1.29, 1.82) is 0 Å². The first kappa shape index (κ1) is 19.2. The third kappa shape index (κ3) is 3.87. The molecule has 0 bridgehead atoms. The van der Waals surface area contributed by atoms with Gasteiger partial charge in [0.25, 0.3) is 5.91 Å². The summed E-state index contributed by atoms with van der Waals surface area (Å²) < 4.78 is 0. The Morgan fingerprint density at radius 1 is 1.11 bits per heavy atom. The highest BCUT2D eigenvalue weighted by molar-refractivity contribution is 7.99. The van der Waals surface area contributed by atoms with Crippen LogP contribution in [0.2, 0.25) is 0 Å². The molecular formula is C23H27N3OS. The third-order valence-electron chi connectivity index (χ3n) is 5.56. The normalized spacial score (nSPS) is 16.2. The molecule has 2 aromatic carbocycles. The van der Waals surface area contributed by atoms with Crippen molar-refractivity contribution < 1.29 is 4.79 Å². The molecule has 1 saturated heterocycles. The van der Waals surface area contributed by atoms with Crippen LogP contribution < -0.4 is 5.32 Å². The van der Waals surface area contributed by atoms with Crippen molar-refractivity contribution in [3.63, 3.8) is 0 Å². The molecule has 2 aliphatic heterocycles. The molecule has 4 rings (SSSR count). The van der Waals surface area contributed by atoms with Crippen LogP contribution in [0.15, 0.2) is 45.1 Å². The Hall–Kier alpha value is -2.11. The van der Waals surface area contributed by atoms with E-state index in [-0.39, 0.29) is 5.91 Å². The zero-order valence-electron chi connectivity index (χ0n) is 16.8. The SMILES string of the molecule is CC1=Nc2cc(C(=O)NCCN3CCCC3)ccc2Sc2c(C)ccc(C)c21. The molecule has 4 nitrogen and oxygen atoms in total. The number of hydrogen-bond acceptors (Lipinski definition) is 4. The van der Waals surface area contributed by atoms with Crippen molar-refractivity contribution >= 4 is 29.1 Å². The fourth-order valence-corrected chi connectivity index (χ4v) is 5.19. The van der Waals surface area contributed by atoms with Crippen molar-refractivity contribution in [2.75, 3.05) is 26.2 Å². The average molecular weight is 394 g/mol. The molecule has 2 aromatic rings. The standard InChI is InChI=1S/C23H27N3OS/c1-15-6-7-16(2)22-21(15)17(3)25-19-14-18(8-9-20(19)28-22)23(27)24-10-13-26-11-4-5-12-26/h6-9,14H,4-5,10-13H2,1-3H3,(H,24,27). The number of carbonyl (C=O) groups excluding carboxylic acids is 1. The number of aliphatic imine (C=N–C) groups is 1. The maximum Gasteiger partial charge on any atom is 0.251 e. The molecule has 0 saturated carbocycles. The molecule has 0 spiro atoms. The zero-order chi connectivity index (χ0) is 19.7. The molecule has 0 radical (unpaired) electrons. The molecule has 2 aliphatic rings. The van der Waals surface area contributed by atoms with Crippen LogP contribution in [0.1, 0.15) is 46.8 Å². The first-order valence-corrected chi connectivity index (χ1v) is 10.8. The molecule has 1 N–H and O–H groups in total. The summed E-state index contributed by atoms with van der Waals surface area (Å²) in [6.45, 7) is 10.3. The number of rotatable bonds is 4. The maximum absolute atomic E-state index is 12.6. The van der Waals surface area contributed by atoms with Crippen LogP contribution in [0, 0.1) is 13.8 Å². The van der Waals surface area contributed by atoms with Gasteiger partial charge in [-0.3, -0.25) is 9.79 Å². The Balaban J connectivity index is 1.54. The van der Waals surface area contributed by atoms with Crippen LogP contribution in [-0.4, -0.2) is 42.7 Å². The summed E-state index contributed by atoms with van der Waals surface area (Å²) in [5, 5.41) is 3.06. The van der Waals surface area contributed by atoms with Gasteiger partial charge in [0.05, 0.1) is 5.69 Å². The van der Waals surface area contributed by atoms with E-state index in [1.165, 1.54) is 34.4 Å². The minimum absolute atomic E-state index is 0.0195. The second kappa shape index (κ2) is 8.10. The number of benzene rings is 2. The molecule has 2 heterocycles. The molecule has 0 aromatic heterocycles. The summed E-state index contributed by atoms with van der Waals surface area (Å²) >= 11 is 1.75. The number of carbonyl (C=O) groups is 1. The highest BCUT2D eigenvalue weighted by Gasteiger charge is 2.20.